The van der Waals surface area contributed by atoms with Crippen molar-refractivity contribution in [1.29, 1.82) is 0 Å². The molecule has 0 amide bonds. The van der Waals surface area contributed by atoms with Gasteiger partial charge in [-0.3, -0.25) is 0 Å². The van der Waals surface area contributed by atoms with Gasteiger partial charge in [0.1, 0.15) is 12.0 Å². The first-order valence-corrected chi connectivity index (χ1v) is 5.57. The highest BCUT2D eigenvalue weighted by atomic mass is 16.5. The van der Waals surface area contributed by atoms with E-state index in [4.69, 9.17) is 10.5 Å². The molecule has 0 radical (unpaired) electrons. The Hall–Kier alpha value is -1.52. The first kappa shape index (κ1) is 11.0. The lowest BCUT2D eigenvalue weighted by atomic mass is 10.0. The van der Waals surface area contributed by atoms with Crippen molar-refractivity contribution in [2.75, 3.05) is 18.2 Å². The predicted molar refractivity (Wildman–Crippen MR) is 63.5 cm³/mol. The van der Waals surface area contributed by atoms with Crippen LogP contribution in [0.25, 0.3) is 0 Å². The number of methoxy groups -OCH3 is 1. The van der Waals surface area contributed by atoms with Crippen LogP contribution < -0.4 is 15.8 Å². The van der Waals surface area contributed by atoms with Crippen LogP contribution in [0.15, 0.2) is 6.33 Å². The largest absolute Gasteiger partial charge is 0.479 e. The van der Waals surface area contributed by atoms with E-state index in [0.29, 0.717) is 17.4 Å². The molecule has 0 aliphatic heterocycles. The van der Waals surface area contributed by atoms with Gasteiger partial charge in [0.2, 0.25) is 5.88 Å². The first-order valence-electron chi connectivity index (χ1n) is 5.57. The molecular formula is C11H18N4O. The second kappa shape index (κ2) is 4.15. The van der Waals surface area contributed by atoms with Gasteiger partial charge in [-0.1, -0.05) is 12.8 Å². The summed E-state index contributed by atoms with van der Waals surface area (Å²) in [5.41, 5.74) is 6.51. The van der Waals surface area contributed by atoms with Crippen molar-refractivity contribution in [1.82, 2.24) is 9.97 Å². The van der Waals surface area contributed by atoms with E-state index in [9.17, 15) is 0 Å². The fourth-order valence-corrected chi connectivity index (χ4v) is 2.21. The van der Waals surface area contributed by atoms with Crippen LogP contribution >= 0.6 is 0 Å². The van der Waals surface area contributed by atoms with Crippen molar-refractivity contribution in [3.8, 4) is 5.88 Å². The summed E-state index contributed by atoms with van der Waals surface area (Å²) >= 11 is 0. The summed E-state index contributed by atoms with van der Waals surface area (Å²) in [4.78, 5) is 8.12. The summed E-state index contributed by atoms with van der Waals surface area (Å²) in [7, 11) is 1.56. The summed E-state index contributed by atoms with van der Waals surface area (Å²) in [6.07, 6.45) is 6.28. The highest BCUT2D eigenvalue weighted by Gasteiger charge is 2.29. The summed E-state index contributed by atoms with van der Waals surface area (Å²) in [6.45, 7) is 2.20. The molecule has 1 aliphatic carbocycles. The number of nitrogens with two attached hydrogens (primary N) is 1. The molecule has 88 valence electrons. The number of nitrogen functional groups attached to an aromatic ring is 1. The van der Waals surface area contributed by atoms with E-state index in [0.717, 1.165) is 12.8 Å². The van der Waals surface area contributed by atoms with Crippen molar-refractivity contribution < 1.29 is 4.74 Å². The minimum atomic E-state index is 0.105. The van der Waals surface area contributed by atoms with Crippen LogP contribution in [0.3, 0.4) is 0 Å². The maximum atomic E-state index is 5.92. The average Bonchev–Trinajstić information content (AvgIpc) is 2.68. The first-order chi connectivity index (χ1) is 7.64. The molecule has 0 aromatic carbocycles. The lowest BCUT2D eigenvalue weighted by Gasteiger charge is -2.26. The van der Waals surface area contributed by atoms with Crippen molar-refractivity contribution in [2.24, 2.45) is 0 Å². The maximum absolute atomic E-state index is 5.92. The molecule has 1 saturated carbocycles. The summed E-state index contributed by atoms with van der Waals surface area (Å²) in [5, 5.41) is 3.40. The standard InChI is InChI=1S/C11H18N4O/c1-11(5-3-4-6-11)15-9-8(12)10(16-2)14-7-13-9/h7H,3-6,12H2,1-2H3,(H,13,14,15). The summed E-state index contributed by atoms with van der Waals surface area (Å²) in [5.74, 6) is 1.11. The van der Waals surface area contributed by atoms with Crippen molar-refractivity contribution in [2.45, 2.75) is 38.1 Å². The monoisotopic (exact) mass is 222 g/mol. The lowest BCUT2D eigenvalue weighted by molar-refractivity contribution is 0.399. The van der Waals surface area contributed by atoms with E-state index in [1.807, 2.05) is 0 Å². The number of nitrogens with one attached hydrogen (secondary N) is 1. The van der Waals surface area contributed by atoms with E-state index >= 15 is 0 Å². The molecular weight excluding hydrogens is 204 g/mol. The van der Waals surface area contributed by atoms with Gasteiger partial charge in [-0.25, -0.2) is 4.98 Å². The molecule has 5 heteroatoms. The number of ether oxygens (including phenoxy) is 1. The highest BCUT2D eigenvalue weighted by Crippen LogP contribution is 2.34. The SMILES string of the molecule is COc1ncnc(NC2(C)CCCC2)c1N. The van der Waals surface area contributed by atoms with Gasteiger partial charge in [-0.2, -0.15) is 4.98 Å². The van der Waals surface area contributed by atoms with Gasteiger partial charge < -0.3 is 15.8 Å². The van der Waals surface area contributed by atoms with E-state index in [-0.39, 0.29) is 5.54 Å². The smallest absolute Gasteiger partial charge is 0.242 e. The van der Waals surface area contributed by atoms with E-state index in [1.54, 1.807) is 7.11 Å². The van der Waals surface area contributed by atoms with Crippen molar-refractivity contribution >= 4 is 11.5 Å². The third kappa shape index (κ3) is 2.03. The minimum Gasteiger partial charge on any atom is -0.479 e. The summed E-state index contributed by atoms with van der Waals surface area (Å²) in [6, 6.07) is 0. The number of rotatable bonds is 3. The molecule has 0 unspecified atom stereocenters. The zero-order valence-electron chi connectivity index (χ0n) is 9.79. The van der Waals surface area contributed by atoms with Crippen LogP contribution in [0.1, 0.15) is 32.6 Å². The molecule has 1 aromatic heterocycles. The Morgan fingerprint density at radius 3 is 2.69 bits per heavy atom. The van der Waals surface area contributed by atoms with Gasteiger partial charge in [0, 0.05) is 5.54 Å². The molecule has 16 heavy (non-hydrogen) atoms. The lowest BCUT2D eigenvalue weighted by Crippen LogP contribution is -2.31. The van der Waals surface area contributed by atoms with E-state index < -0.39 is 0 Å². The number of hydrogen-bond acceptors (Lipinski definition) is 5. The van der Waals surface area contributed by atoms with Crippen LogP contribution in [-0.2, 0) is 0 Å². The molecule has 3 N–H and O–H groups in total. The topological polar surface area (TPSA) is 73.1 Å². The number of aromatic nitrogens is 2. The highest BCUT2D eigenvalue weighted by molar-refractivity contribution is 5.67. The Morgan fingerprint density at radius 2 is 2.06 bits per heavy atom. The Morgan fingerprint density at radius 1 is 1.38 bits per heavy atom. The van der Waals surface area contributed by atoms with Gasteiger partial charge in [-0.15, -0.1) is 0 Å². The van der Waals surface area contributed by atoms with Crippen LogP contribution in [0.4, 0.5) is 11.5 Å². The second-order valence-electron chi connectivity index (χ2n) is 4.54. The number of hydrogen-bond donors (Lipinski definition) is 2. The molecule has 1 aromatic rings. The van der Waals surface area contributed by atoms with Gasteiger partial charge in [0.05, 0.1) is 7.11 Å². The fraction of sp³-hybridized carbons (Fsp3) is 0.636. The number of nitrogens with zero attached hydrogens (tertiary/aromatic N) is 2. The van der Waals surface area contributed by atoms with Crippen molar-refractivity contribution in [3.63, 3.8) is 0 Å². The summed E-state index contributed by atoms with van der Waals surface area (Å²) < 4.78 is 5.07. The quantitative estimate of drug-likeness (QED) is 0.816. The van der Waals surface area contributed by atoms with E-state index in [1.165, 1.54) is 19.2 Å². The minimum absolute atomic E-state index is 0.105. The maximum Gasteiger partial charge on any atom is 0.242 e. The van der Waals surface area contributed by atoms with E-state index in [2.05, 4.69) is 22.2 Å². The molecule has 0 spiro atoms. The second-order valence-corrected chi connectivity index (χ2v) is 4.54. The Bertz CT molecular complexity index is 374. The molecule has 1 heterocycles. The van der Waals surface area contributed by atoms with Gasteiger partial charge in [0.25, 0.3) is 0 Å². The normalized spacial score (nSPS) is 18.4. The predicted octanol–water partition coefficient (Wildman–Crippen LogP) is 1.81. The van der Waals surface area contributed by atoms with Crippen LogP contribution in [-0.4, -0.2) is 22.6 Å². The van der Waals surface area contributed by atoms with Crippen molar-refractivity contribution in [3.05, 3.63) is 6.33 Å². The zero-order valence-corrected chi connectivity index (χ0v) is 9.79. The third-order valence-electron chi connectivity index (χ3n) is 3.17. The average molecular weight is 222 g/mol. The molecule has 5 nitrogen and oxygen atoms in total. The van der Waals surface area contributed by atoms with Crippen LogP contribution in [0.5, 0.6) is 5.88 Å². The molecule has 0 saturated heterocycles. The van der Waals surface area contributed by atoms with Gasteiger partial charge >= 0.3 is 0 Å². The zero-order chi connectivity index (χ0) is 11.6. The Kier molecular flexibility index (Phi) is 2.85. The Labute approximate surface area is 95.4 Å². The molecule has 0 bridgehead atoms. The number of anilines is 2. The third-order valence-corrected chi connectivity index (χ3v) is 3.17. The molecule has 1 aliphatic rings. The van der Waals surface area contributed by atoms with Gasteiger partial charge in [0.15, 0.2) is 5.82 Å². The van der Waals surface area contributed by atoms with Gasteiger partial charge in [-0.05, 0) is 19.8 Å². The van der Waals surface area contributed by atoms with Crippen LogP contribution in [0.2, 0.25) is 0 Å². The fourth-order valence-electron chi connectivity index (χ4n) is 2.21. The van der Waals surface area contributed by atoms with Crippen LogP contribution in [0, 0.1) is 0 Å². The Balaban J connectivity index is 2.21. The molecule has 2 rings (SSSR count). The molecule has 1 fully saturated rings. The molecule has 0 atom stereocenters.